The van der Waals surface area contributed by atoms with E-state index in [-0.39, 0.29) is 0 Å². The van der Waals surface area contributed by atoms with Gasteiger partial charge in [0, 0.05) is 37.0 Å². The Bertz CT molecular complexity index is 487. The lowest BCUT2D eigenvalue weighted by molar-refractivity contribution is 0.199. The summed E-state index contributed by atoms with van der Waals surface area (Å²) in [5.41, 5.74) is 1.22. The van der Waals surface area contributed by atoms with Crippen LogP contribution in [0.3, 0.4) is 0 Å². The normalized spacial score (nSPS) is 10.8. The van der Waals surface area contributed by atoms with E-state index in [1.54, 1.807) is 7.11 Å². The maximum Gasteiger partial charge on any atom is 0.0587 e. The summed E-state index contributed by atoms with van der Waals surface area (Å²) in [4.78, 5) is 1.31. The number of thioether (sulfide) groups is 1. The summed E-state index contributed by atoms with van der Waals surface area (Å²) in [7, 11) is 1.72. The number of ether oxygens (including phenoxy) is 1. The molecule has 0 fully saturated rings. The van der Waals surface area contributed by atoms with Crippen LogP contribution in [0.2, 0.25) is 0 Å². The smallest absolute Gasteiger partial charge is 0.0587 e. The van der Waals surface area contributed by atoms with E-state index in [2.05, 4.69) is 45.4 Å². The van der Waals surface area contributed by atoms with Crippen LogP contribution < -0.4 is 5.32 Å². The third-order valence-electron chi connectivity index (χ3n) is 2.91. The standard InChI is InChI=1S/C15H21N3OS/c1-19-11-9-16-13-14-7-8-17-18(14)10-12-20-15-5-3-2-4-6-15/h2-8,16H,9-13H2,1H3. The molecule has 1 aromatic carbocycles. The molecule has 1 aromatic heterocycles. The van der Waals surface area contributed by atoms with Gasteiger partial charge in [-0.05, 0) is 18.2 Å². The zero-order valence-electron chi connectivity index (χ0n) is 11.8. The van der Waals surface area contributed by atoms with Crippen LogP contribution >= 0.6 is 11.8 Å². The number of rotatable bonds is 9. The van der Waals surface area contributed by atoms with Gasteiger partial charge < -0.3 is 10.1 Å². The van der Waals surface area contributed by atoms with Crippen molar-refractivity contribution in [2.75, 3.05) is 26.0 Å². The second kappa shape index (κ2) is 8.79. The van der Waals surface area contributed by atoms with Crippen molar-refractivity contribution in [1.29, 1.82) is 0 Å². The molecule has 0 radical (unpaired) electrons. The molecule has 2 aromatic rings. The van der Waals surface area contributed by atoms with Crippen LogP contribution in [0.15, 0.2) is 47.5 Å². The lowest BCUT2D eigenvalue weighted by atomic mass is 10.4. The Morgan fingerprint density at radius 1 is 1.25 bits per heavy atom. The predicted octanol–water partition coefficient (Wildman–Crippen LogP) is 2.41. The molecule has 0 amide bonds. The molecular formula is C15H21N3OS. The molecule has 0 unspecified atom stereocenters. The molecule has 1 heterocycles. The van der Waals surface area contributed by atoms with Crippen LogP contribution in [0.25, 0.3) is 0 Å². The molecule has 20 heavy (non-hydrogen) atoms. The van der Waals surface area contributed by atoms with Crippen molar-refractivity contribution in [3.63, 3.8) is 0 Å². The first-order chi connectivity index (χ1) is 9.90. The maximum atomic E-state index is 5.02. The highest BCUT2D eigenvalue weighted by Crippen LogP contribution is 2.17. The number of hydrogen-bond acceptors (Lipinski definition) is 4. The van der Waals surface area contributed by atoms with Crippen molar-refractivity contribution in [1.82, 2.24) is 15.1 Å². The highest BCUT2D eigenvalue weighted by Gasteiger charge is 2.02. The van der Waals surface area contributed by atoms with E-state index < -0.39 is 0 Å². The molecule has 0 saturated heterocycles. The van der Waals surface area contributed by atoms with E-state index in [0.717, 1.165) is 32.0 Å². The van der Waals surface area contributed by atoms with Crippen LogP contribution in [0, 0.1) is 0 Å². The molecule has 5 heteroatoms. The third kappa shape index (κ3) is 5.00. The summed E-state index contributed by atoms with van der Waals surface area (Å²) in [5.74, 6) is 1.02. The minimum atomic E-state index is 0.734. The minimum absolute atomic E-state index is 0.734. The van der Waals surface area contributed by atoms with E-state index in [0.29, 0.717) is 0 Å². The molecule has 108 valence electrons. The van der Waals surface area contributed by atoms with Crippen LogP contribution in [-0.2, 0) is 17.8 Å². The predicted molar refractivity (Wildman–Crippen MR) is 83.0 cm³/mol. The van der Waals surface area contributed by atoms with Gasteiger partial charge in [0.1, 0.15) is 0 Å². The molecule has 0 aliphatic rings. The second-order valence-electron chi connectivity index (χ2n) is 4.38. The number of aryl methyl sites for hydroxylation is 1. The Morgan fingerprint density at radius 3 is 2.90 bits per heavy atom. The number of nitrogens with one attached hydrogen (secondary N) is 1. The van der Waals surface area contributed by atoms with Crippen LogP contribution in [0.1, 0.15) is 5.69 Å². The van der Waals surface area contributed by atoms with Gasteiger partial charge in [0.15, 0.2) is 0 Å². The van der Waals surface area contributed by atoms with E-state index in [1.165, 1.54) is 10.6 Å². The van der Waals surface area contributed by atoms with E-state index >= 15 is 0 Å². The molecule has 0 spiro atoms. The number of hydrogen-bond donors (Lipinski definition) is 1. The molecular weight excluding hydrogens is 270 g/mol. The monoisotopic (exact) mass is 291 g/mol. The Balaban J connectivity index is 1.74. The van der Waals surface area contributed by atoms with Crippen molar-refractivity contribution in [2.24, 2.45) is 0 Å². The highest BCUT2D eigenvalue weighted by molar-refractivity contribution is 7.99. The summed E-state index contributed by atoms with van der Waals surface area (Å²) < 4.78 is 7.08. The molecule has 2 rings (SSSR count). The first kappa shape index (κ1) is 15.1. The van der Waals surface area contributed by atoms with Gasteiger partial charge >= 0.3 is 0 Å². The zero-order chi connectivity index (χ0) is 14.0. The van der Waals surface area contributed by atoms with Gasteiger partial charge in [0.25, 0.3) is 0 Å². The van der Waals surface area contributed by atoms with Gasteiger partial charge in [-0.3, -0.25) is 4.68 Å². The second-order valence-corrected chi connectivity index (χ2v) is 5.55. The van der Waals surface area contributed by atoms with E-state index in [1.807, 2.05) is 24.0 Å². The zero-order valence-corrected chi connectivity index (χ0v) is 12.6. The maximum absolute atomic E-state index is 5.02. The fourth-order valence-electron chi connectivity index (χ4n) is 1.87. The minimum Gasteiger partial charge on any atom is -0.383 e. The van der Waals surface area contributed by atoms with Gasteiger partial charge in [-0.25, -0.2) is 0 Å². The lowest BCUT2D eigenvalue weighted by Gasteiger charge is -2.08. The molecule has 0 saturated carbocycles. The third-order valence-corrected chi connectivity index (χ3v) is 3.90. The van der Waals surface area contributed by atoms with Crippen molar-refractivity contribution < 1.29 is 4.74 Å². The number of benzene rings is 1. The first-order valence-corrected chi connectivity index (χ1v) is 7.77. The average molecular weight is 291 g/mol. The number of methoxy groups -OCH3 is 1. The van der Waals surface area contributed by atoms with Gasteiger partial charge in [-0.1, -0.05) is 18.2 Å². The van der Waals surface area contributed by atoms with Crippen LogP contribution in [0.5, 0.6) is 0 Å². The van der Waals surface area contributed by atoms with Crippen molar-refractivity contribution in [2.45, 2.75) is 18.0 Å². The summed E-state index contributed by atoms with van der Waals surface area (Å²) >= 11 is 1.86. The molecule has 0 aliphatic heterocycles. The summed E-state index contributed by atoms with van der Waals surface area (Å²) in [6, 6.07) is 12.5. The van der Waals surface area contributed by atoms with Crippen LogP contribution in [0.4, 0.5) is 0 Å². The lowest BCUT2D eigenvalue weighted by Crippen LogP contribution is -2.21. The highest BCUT2D eigenvalue weighted by atomic mass is 32.2. The van der Waals surface area contributed by atoms with Gasteiger partial charge in [0.2, 0.25) is 0 Å². The Hall–Kier alpha value is -1.30. The van der Waals surface area contributed by atoms with E-state index in [4.69, 9.17) is 4.74 Å². The molecule has 0 atom stereocenters. The van der Waals surface area contributed by atoms with Crippen molar-refractivity contribution in [3.05, 3.63) is 48.3 Å². The fourth-order valence-corrected chi connectivity index (χ4v) is 2.72. The molecule has 4 nitrogen and oxygen atoms in total. The number of aromatic nitrogens is 2. The van der Waals surface area contributed by atoms with Crippen molar-refractivity contribution in [3.8, 4) is 0 Å². The molecule has 0 aliphatic carbocycles. The number of nitrogens with zero attached hydrogens (tertiary/aromatic N) is 2. The topological polar surface area (TPSA) is 39.1 Å². The Morgan fingerprint density at radius 2 is 2.10 bits per heavy atom. The van der Waals surface area contributed by atoms with Gasteiger partial charge in [0.05, 0.1) is 18.8 Å². The summed E-state index contributed by atoms with van der Waals surface area (Å²) in [5, 5.41) is 7.72. The quantitative estimate of drug-likeness (QED) is 0.569. The average Bonchev–Trinajstić information content (AvgIpc) is 2.92. The van der Waals surface area contributed by atoms with Gasteiger partial charge in [-0.2, -0.15) is 5.10 Å². The fraction of sp³-hybridized carbons (Fsp3) is 0.400. The van der Waals surface area contributed by atoms with Crippen LogP contribution in [-0.4, -0.2) is 35.8 Å². The molecule has 1 N–H and O–H groups in total. The Kier molecular flexibility index (Phi) is 6.63. The first-order valence-electron chi connectivity index (χ1n) is 6.78. The summed E-state index contributed by atoms with van der Waals surface area (Å²) in [6.07, 6.45) is 1.86. The SMILES string of the molecule is COCCNCc1ccnn1CCSc1ccccc1. The molecule has 0 bridgehead atoms. The van der Waals surface area contributed by atoms with E-state index in [9.17, 15) is 0 Å². The largest absolute Gasteiger partial charge is 0.383 e. The Labute approximate surface area is 124 Å². The summed E-state index contributed by atoms with van der Waals surface area (Å²) in [6.45, 7) is 3.35. The van der Waals surface area contributed by atoms with Crippen molar-refractivity contribution >= 4 is 11.8 Å². The van der Waals surface area contributed by atoms with Gasteiger partial charge in [-0.15, -0.1) is 11.8 Å².